The molecule has 498 valence electrons. The molecule has 0 amide bonds. The normalized spacial score (nSPS) is 14.3. The Bertz CT molecular complexity index is 1650. The van der Waals surface area contributed by atoms with E-state index < -0.39 is 97.5 Å². The molecule has 84 heavy (non-hydrogen) atoms. The summed E-state index contributed by atoms with van der Waals surface area (Å²) in [6.07, 6.45) is 40.5. The Morgan fingerprint density at radius 2 is 0.548 bits per heavy atom. The van der Waals surface area contributed by atoms with Gasteiger partial charge in [0.05, 0.1) is 26.4 Å². The lowest BCUT2D eigenvalue weighted by molar-refractivity contribution is -0.161. The third-order valence-corrected chi connectivity index (χ3v) is 16.9. The summed E-state index contributed by atoms with van der Waals surface area (Å²) in [6, 6.07) is 0. The standard InChI is InChI=1S/C65H126O17P2/c1-7-9-11-13-15-22-31-37-43-49-64(69)81-60(53-75-62(67)47-41-35-27-14-12-10-8-2)55-79-83(71,72)77-51-59(66)52-78-84(73,74)80-56-61(54-76-63(68)48-42-36-30-26-25-29-34-40-46-58(5)6)82-65(70)50-44-38-32-24-21-19-17-16-18-20-23-28-33-39-45-57(3)4/h57-61,66H,7-56H2,1-6H3,(H,71,72)(H,73,74)/t59-,60+,61+/m0/s1. The molecule has 0 aromatic heterocycles. The lowest BCUT2D eigenvalue weighted by atomic mass is 10.0. The van der Waals surface area contributed by atoms with Crippen molar-refractivity contribution in [2.75, 3.05) is 39.6 Å². The molecule has 5 atom stereocenters. The van der Waals surface area contributed by atoms with Crippen LogP contribution in [-0.4, -0.2) is 96.7 Å². The summed E-state index contributed by atoms with van der Waals surface area (Å²) in [5.74, 6) is -0.616. The summed E-state index contributed by atoms with van der Waals surface area (Å²) in [5, 5.41) is 10.5. The molecule has 17 nitrogen and oxygen atoms in total. The maximum atomic E-state index is 13.0. The highest BCUT2D eigenvalue weighted by molar-refractivity contribution is 7.47. The predicted octanol–water partition coefficient (Wildman–Crippen LogP) is 18.0. The molecule has 2 unspecified atom stereocenters. The molecule has 0 radical (unpaired) electrons. The quantitative estimate of drug-likeness (QED) is 0.0222. The fourth-order valence-corrected chi connectivity index (χ4v) is 11.3. The van der Waals surface area contributed by atoms with E-state index in [1.165, 1.54) is 128 Å². The van der Waals surface area contributed by atoms with Crippen molar-refractivity contribution in [3.8, 4) is 0 Å². The summed E-state index contributed by atoms with van der Waals surface area (Å²) in [4.78, 5) is 72.1. The SMILES string of the molecule is CCCCCCCCCCCC(=O)O[C@H](COC(=O)CCCCCCCCC)COP(=O)(O)OC[C@H](O)COP(=O)(O)OC[C@@H](COC(=O)CCCCCCCCCCC(C)C)OC(=O)CCCCCCCCCCCCCCCCC(C)C. The van der Waals surface area contributed by atoms with Crippen LogP contribution < -0.4 is 0 Å². The van der Waals surface area contributed by atoms with Crippen LogP contribution in [0.2, 0.25) is 0 Å². The van der Waals surface area contributed by atoms with Crippen molar-refractivity contribution in [1.82, 2.24) is 0 Å². The number of rotatable bonds is 64. The highest BCUT2D eigenvalue weighted by atomic mass is 31.2. The van der Waals surface area contributed by atoms with Crippen molar-refractivity contribution in [1.29, 1.82) is 0 Å². The van der Waals surface area contributed by atoms with Crippen molar-refractivity contribution in [2.24, 2.45) is 11.8 Å². The van der Waals surface area contributed by atoms with Gasteiger partial charge in [-0.3, -0.25) is 37.3 Å². The number of carbonyl (C=O) groups is 4. The van der Waals surface area contributed by atoms with E-state index in [-0.39, 0.29) is 25.7 Å². The zero-order valence-electron chi connectivity index (χ0n) is 54.2. The number of phosphoric acid groups is 2. The summed E-state index contributed by atoms with van der Waals surface area (Å²) >= 11 is 0. The first-order valence-electron chi connectivity index (χ1n) is 34.0. The maximum Gasteiger partial charge on any atom is 0.472 e. The minimum atomic E-state index is -4.95. The second-order valence-electron chi connectivity index (χ2n) is 24.5. The molecule has 0 heterocycles. The third-order valence-electron chi connectivity index (χ3n) is 15.0. The second kappa shape index (κ2) is 57.5. The van der Waals surface area contributed by atoms with Crippen LogP contribution in [0.3, 0.4) is 0 Å². The van der Waals surface area contributed by atoms with Crippen LogP contribution in [0.1, 0.15) is 324 Å². The number of carbonyl (C=O) groups excluding carboxylic acids is 4. The number of hydrogen-bond acceptors (Lipinski definition) is 15. The van der Waals surface area contributed by atoms with Crippen LogP contribution in [0.5, 0.6) is 0 Å². The van der Waals surface area contributed by atoms with Gasteiger partial charge in [-0.05, 0) is 37.5 Å². The van der Waals surface area contributed by atoms with Gasteiger partial charge in [-0.1, -0.05) is 273 Å². The number of aliphatic hydroxyl groups excluding tert-OH is 1. The molecule has 0 aliphatic carbocycles. The summed E-state index contributed by atoms with van der Waals surface area (Å²) in [7, 11) is -9.88. The minimum Gasteiger partial charge on any atom is -0.462 e. The molecule has 0 bridgehead atoms. The number of hydrogen-bond donors (Lipinski definition) is 3. The molecular weight excluding hydrogens is 1110 g/mol. The van der Waals surface area contributed by atoms with Crippen molar-refractivity contribution >= 4 is 39.5 Å². The first kappa shape index (κ1) is 82.1. The van der Waals surface area contributed by atoms with E-state index in [2.05, 4.69) is 41.5 Å². The monoisotopic (exact) mass is 1240 g/mol. The summed E-state index contributed by atoms with van der Waals surface area (Å²) in [6.45, 7) is 9.44. The van der Waals surface area contributed by atoms with Crippen LogP contribution in [0, 0.1) is 11.8 Å². The number of esters is 4. The molecular formula is C65H126O17P2. The summed E-state index contributed by atoms with van der Waals surface area (Å²) < 4.78 is 67.9. The molecule has 0 aromatic carbocycles. The molecule has 19 heteroatoms. The molecule has 0 rings (SSSR count). The lowest BCUT2D eigenvalue weighted by Gasteiger charge is -2.21. The zero-order chi connectivity index (χ0) is 62.2. The van der Waals surface area contributed by atoms with Crippen LogP contribution in [0.15, 0.2) is 0 Å². The van der Waals surface area contributed by atoms with Crippen molar-refractivity contribution < 1.29 is 80.2 Å². The van der Waals surface area contributed by atoms with Crippen molar-refractivity contribution in [3.05, 3.63) is 0 Å². The average molecular weight is 1240 g/mol. The van der Waals surface area contributed by atoms with Gasteiger partial charge in [-0.2, -0.15) is 0 Å². The zero-order valence-corrected chi connectivity index (χ0v) is 56.0. The Morgan fingerprint density at radius 3 is 0.810 bits per heavy atom. The van der Waals surface area contributed by atoms with Crippen molar-refractivity contribution in [3.63, 3.8) is 0 Å². The molecule has 0 saturated carbocycles. The molecule has 3 N–H and O–H groups in total. The van der Waals surface area contributed by atoms with Gasteiger partial charge in [-0.15, -0.1) is 0 Å². The van der Waals surface area contributed by atoms with E-state index in [1.807, 2.05) is 0 Å². The van der Waals surface area contributed by atoms with Gasteiger partial charge in [0.25, 0.3) is 0 Å². The van der Waals surface area contributed by atoms with E-state index in [1.54, 1.807) is 0 Å². The van der Waals surface area contributed by atoms with E-state index in [0.717, 1.165) is 115 Å². The number of ether oxygens (including phenoxy) is 4. The van der Waals surface area contributed by atoms with Crippen LogP contribution >= 0.6 is 15.6 Å². The Labute approximate surface area is 511 Å². The highest BCUT2D eigenvalue weighted by Gasteiger charge is 2.30. The average Bonchev–Trinajstić information content (AvgIpc) is 3.65. The van der Waals surface area contributed by atoms with E-state index in [0.29, 0.717) is 25.7 Å². The summed E-state index contributed by atoms with van der Waals surface area (Å²) in [5.41, 5.74) is 0. The molecule has 0 aliphatic rings. The van der Waals surface area contributed by atoms with Gasteiger partial charge in [0, 0.05) is 25.7 Å². The lowest BCUT2D eigenvalue weighted by Crippen LogP contribution is -2.30. The van der Waals surface area contributed by atoms with Crippen LogP contribution in [0.4, 0.5) is 0 Å². The van der Waals surface area contributed by atoms with Gasteiger partial charge < -0.3 is 33.8 Å². The Kier molecular flexibility index (Phi) is 56.2. The largest absolute Gasteiger partial charge is 0.472 e. The van der Waals surface area contributed by atoms with Gasteiger partial charge >= 0.3 is 39.5 Å². The second-order valence-corrected chi connectivity index (χ2v) is 27.4. The first-order valence-corrected chi connectivity index (χ1v) is 37.0. The molecule has 0 spiro atoms. The Morgan fingerprint density at radius 1 is 0.321 bits per heavy atom. The predicted molar refractivity (Wildman–Crippen MR) is 335 cm³/mol. The number of aliphatic hydroxyl groups is 1. The molecule has 0 aromatic rings. The third kappa shape index (κ3) is 59.0. The molecule has 0 saturated heterocycles. The smallest absolute Gasteiger partial charge is 0.462 e. The molecule has 0 aliphatic heterocycles. The topological polar surface area (TPSA) is 237 Å². The Balaban J connectivity index is 5.18. The van der Waals surface area contributed by atoms with Gasteiger partial charge in [0.15, 0.2) is 12.2 Å². The molecule has 0 fully saturated rings. The van der Waals surface area contributed by atoms with Gasteiger partial charge in [0.1, 0.15) is 19.3 Å². The maximum absolute atomic E-state index is 13.0. The van der Waals surface area contributed by atoms with Crippen molar-refractivity contribution in [2.45, 2.75) is 342 Å². The van der Waals surface area contributed by atoms with E-state index >= 15 is 0 Å². The van der Waals surface area contributed by atoms with Gasteiger partial charge in [0.2, 0.25) is 0 Å². The minimum absolute atomic E-state index is 0.105. The fraction of sp³-hybridized carbons (Fsp3) is 0.938. The van der Waals surface area contributed by atoms with Crippen LogP contribution in [-0.2, 0) is 65.4 Å². The van der Waals surface area contributed by atoms with Gasteiger partial charge in [-0.25, -0.2) is 9.13 Å². The number of unbranched alkanes of at least 4 members (excludes halogenated alkanes) is 34. The first-order chi connectivity index (χ1) is 40.4. The number of phosphoric ester groups is 2. The Hall–Kier alpha value is -1.94. The highest BCUT2D eigenvalue weighted by Crippen LogP contribution is 2.45. The fourth-order valence-electron chi connectivity index (χ4n) is 9.71. The van der Waals surface area contributed by atoms with E-state index in [4.69, 9.17) is 37.0 Å². The van der Waals surface area contributed by atoms with E-state index in [9.17, 15) is 43.2 Å². The van der Waals surface area contributed by atoms with Crippen LogP contribution in [0.25, 0.3) is 0 Å².